The Labute approximate surface area is 252 Å². The first kappa shape index (κ1) is 42.9. The Bertz CT molecular complexity index is 1280. The van der Waals surface area contributed by atoms with Crippen LogP contribution in [0.5, 0.6) is 11.5 Å². The van der Waals surface area contributed by atoms with Gasteiger partial charge in [0.05, 0.1) is 18.1 Å². The molecular formula is C26H40Cl2O11S2. The molecule has 0 spiro atoms. The molecule has 0 fully saturated rings. The third-order valence-corrected chi connectivity index (χ3v) is 6.07. The van der Waals surface area contributed by atoms with E-state index in [1.165, 1.54) is 0 Å². The van der Waals surface area contributed by atoms with E-state index < -0.39 is 30.3 Å². The van der Waals surface area contributed by atoms with Gasteiger partial charge in [0.25, 0.3) is 9.05 Å². The molecule has 0 saturated carbocycles. The average molecular weight is 664 g/mol. The number of aliphatic carboxylic acids is 2. The fourth-order valence-corrected chi connectivity index (χ4v) is 4.84. The van der Waals surface area contributed by atoms with Crippen molar-refractivity contribution >= 4 is 51.7 Å². The van der Waals surface area contributed by atoms with E-state index in [1.807, 2.05) is 26.0 Å². The Morgan fingerprint density at radius 1 is 0.707 bits per heavy atom. The van der Waals surface area contributed by atoms with E-state index >= 15 is 0 Å². The van der Waals surface area contributed by atoms with Crippen LogP contribution in [0.1, 0.15) is 62.8 Å². The first-order valence-corrected chi connectivity index (χ1v) is 15.9. The van der Waals surface area contributed by atoms with Gasteiger partial charge in [-0.05, 0) is 87.1 Å². The lowest BCUT2D eigenvalue weighted by atomic mass is 10.1. The van der Waals surface area contributed by atoms with Gasteiger partial charge in [-0.15, -0.1) is 0 Å². The zero-order valence-corrected chi connectivity index (χ0v) is 25.0. The molecule has 0 heterocycles. The van der Waals surface area contributed by atoms with E-state index in [9.17, 15) is 18.0 Å². The molecule has 0 aliphatic heterocycles. The van der Waals surface area contributed by atoms with Gasteiger partial charge < -0.3 is 19.7 Å². The van der Waals surface area contributed by atoms with E-state index in [0.717, 1.165) is 16.9 Å². The Morgan fingerprint density at radius 3 is 1.32 bits per heavy atom. The molecule has 3 N–H and O–H groups in total. The summed E-state index contributed by atoms with van der Waals surface area (Å²) in [5, 5.41) is 16.9. The van der Waals surface area contributed by atoms with Gasteiger partial charge in [0.15, 0.2) is 0 Å². The largest absolute Gasteiger partial charge is 0.494 e. The number of hydrogen-bond acceptors (Lipinski definition) is 8. The van der Waals surface area contributed by atoms with Crippen molar-refractivity contribution in [2.24, 2.45) is 0 Å². The predicted molar refractivity (Wildman–Crippen MR) is 160 cm³/mol. The maximum Gasteiger partial charge on any atom is 0.353 e. The Kier molecular flexibility index (Phi) is 21.3. The molecule has 0 bridgehead atoms. The molecule has 15 heteroatoms. The second-order valence-electron chi connectivity index (χ2n) is 8.25. The highest BCUT2D eigenvalue weighted by Gasteiger charge is 2.17. The molecule has 0 aromatic heterocycles. The number of carboxylic acids is 2. The second kappa shape index (κ2) is 20.3. The van der Waals surface area contributed by atoms with Gasteiger partial charge in [-0.2, -0.15) is 8.42 Å². The van der Waals surface area contributed by atoms with Crippen molar-refractivity contribution in [3.8, 4) is 11.5 Å². The highest BCUT2D eigenvalue weighted by Crippen LogP contribution is 2.28. The Balaban J connectivity index is -0.000000590. The van der Waals surface area contributed by atoms with Crippen LogP contribution in [0.3, 0.4) is 0 Å². The summed E-state index contributed by atoms with van der Waals surface area (Å²) < 4.78 is 58.8. The molecule has 0 unspecified atom stereocenters. The summed E-state index contributed by atoms with van der Waals surface area (Å²) >= 11 is 0. The quantitative estimate of drug-likeness (QED) is 0.139. The molecule has 0 atom stereocenters. The molecule has 0 aliphatic rings. The topological polar surface area (TPSA) is 182 Å². The van der Waals surface area contributed by atoms with Gasteiger partial charge in [0, 0.05) is 34.2 Å². The molecule has 0 saturated heterocycles. The summed E-state index contributed by atoms with van der Waals surface area (Å²) in [6, 6.07) is 9.12. The van der Waals surface area contributed by atoms with Gasteiger partial charge in [0.1, 0.15) is 11.5 Å². The average Bonchev–Trinajstić information content (AvgIpc) is 2.71. The maximum atomic E-state index is 11.4. The molecule has 2 aromatic rings. The third-order valence-electron chi connectivity index (χ3n) is 4.48. The molecule has 0 aliphatic carbocycles. The number of rotatable bonds is 11. The van der Waals surface area contributed by atoms with Gasteiger partial charge in [-0.25, -0.2) is 8.42 Å². The standard InChI is InChI=1S/C12H15ClO5S.C12H16O3.2CH4.ClHO3S/c1-8-6-10(18-5-3-4-11(14)15)7-9(2)12(8)19(13,16)17;1-9-6-10(2)8-11(7-9)15-5-3-4-12(13)14;;;1-5(2,3)4/h6-7H,3-5H2,1-2H3,(H,14,15);6-8H,3-5H2,1-2H3,(H,13,14);2*1H4;(H,2,3,4). The van der Waals surface area contributed by atoms with Gasteiger partial charge in [-0.3, -0.25) is 14.1 Å². The summed E-state index contributed by atoms with van der Waals surface area (Å²) in [6.45, 7) is 8.00. The van der Waals surface area contributed by atoms with Crippen LogP contribution in [0.25, 0.3) is 0 Å². The van der Waals surface area contributed by atoms with Crippen LogP contribution >= 0.6 is 21.4 Å². The number of halogens is 2. The number of ether oxygens (including phenoxy) is 2. The lowest BCUT2D eigenvalue weighted by Gasteiger charge is -2.11. The SMILES string of the molecule is C.C.Cc1cc(C)cc(OCCCC(=O)O)c1.Cc1cc(OCCCC(=O)O)cc(C)c1S(=O)(=O)Cl.O=S(=O)(O)Cl. The summed E-state index contributed by atoms with van der Waals surface area (Å²) in [7, 11) is 1.43. The third kappa shape index (κ3) is 22.8. The van der Waals surface area contributed by atoms with E-state index in [0.29, 0.717) is 36.3 Å². The first-order chi connectivity index (χ1) is 17.8. The predicted octanol–water partition coefficient (Wildman–Crippen LogP) is 6.32. The minimum Gasteiger partial charge on any atom is -0.494 e. The molecule has 11 nitrogen and oxygen atoms in total. The van der Waals surface area contributed by atoms with Crippen LogP contribution in [0, 0.1) is 27.7 Å². The molecule has 236 valence electrons. The lowest BCUT2D eigenvalue weighted by molar-refractivity contribution is -0.138. The number of carbonyl (C=O) groups is 2. The van der Waals surface area contributed by atoms with Gasteiger partial charge in [0.2, 0.25) is 0 Å². The van der Waals surface area contributed by atoms with Crippen LogP contribution in [-0.4, -0.2) is 56.8 Å². The molecular weight excluding hydrogens is 623 g/mol. The zero-order valence-electron chi connectivity index (χ0n) is 21.8. The highest BCUT2D eigenvalue weighted by atomic mass is 35.7. The van der Waals surface area contributed by atoms with Crippen LogP contribution in [-0.2, 0) is 28.0 Å². The van der Waals surface area contributed by atoms with Crippen molar-refractivity contribution in [3.05, 3.63) is 52.6 Å². The van der Waals surface area contributed by atoms with Crippen molar-refractivity contribution in [1.29, 1.82) is 0 Å². The molecule has 2 aromatic carbocycles. The lowest BCUT2D eigenvalue weighted by Crippen LogP contribution is -2.04. The molecule has 0 radical (unpaired) electrons. The van der Waals surface area contributed by atoms with Gasteiger partial charge >= 0.3 is 21.3 Å². The minimum absolute atomic E-state index is 0. The first-order valence-electron chi connectivity index (χ1n) is 11.3. The van der Waals surface area contributed by atoms with E-state index in [2.05, 4.69) is 16.7 Å². The molecule has 2 rings (SSSR count). The Hall–Kier alpha value is -2.58. The number of benzene rings is 2. The highest BCUT2D eigenvalue weighted by molar-refractivity contribution is 8.13. The molecule has 41 heavy (non-hydrogen) atoms. The minimum atomic E-state index is -4.19. The normalized spacial score (nSPS) is 10.3. The van der Waals surface area contributed by atoms with Crippen LogP contribution in [0.2, 0.25) is 0 Å². The van der Waals surface area contributed by atoms with Crippen molar-refractivity contribution in [3.63, 3.8) is 0 Å². The number of aryl methyl sites for hydroxylation is 4. The second-order valence-corrected chi connectivity index (χ2v) is 12.7. The van der Waals surface area contributed by atoms with Crippen molar-refractivity contribution < 1.29 is 50.7 Å². The number of hydrogen-bond donors (Lipinski definition) is 3. The van der Waals surface area contributed by atoms with Crippen LogP contribution < -0.4 is 9.47 Å². The summed E-state index contributed by atoms with van der Waals surface area (Å²) in [5.74, 6) is -0.332. The van der Waals surface area contributed by atoms with Crippen molar-refractivity contribution in [2.75, 3.05) is 13.2 Å². The fourth-order valence-electron chi connectivity index (χ4n) is 3.22. The van der Waals surface area contributed by atoms with E-state index in [4.69, 9.17) is 43.3 Å². The fraction of sp³-hybridized carbons (Fsp3) is 0.462. The zero-order chi connectivity index (χ0) is 30.4. The van der Waals surface area contributed by atoms with E-state index in [1.54, 1.807) is 26.0 Å². The smallest absolute Gasteiger partial charge is 0.353 e. The van der Waals surface area contributed by atoms with Crippen LogP contribution in [0.4, 0.5) is 0 Å². The van der Waals surface area contributed by atoms with Crippen LogP contribution in [0.15, 0.2) is 35.2 Å². The summed E-state index contributed by atoms with van der Waals surface area (Å²) in [6.07, 6.45) is 1.13. The summed E-state index contributed by atoms with van der Waals surface area (Å²) in [4.78, 5) is 20.7. The summed E-state index contributed by atoms with van der Waals surface area (Å²) in [5.41, 5.74) is 3.32. The number of carboxylic acid groups (broad SMARTS) is 2. The monoisotopic (exact) mass is 662 g/mol. The van der Waals surface area contributed by atoms with Gasteiger partial charge in [-0.1, -0.05) is 20.9 Å². The van der Waals surface area contributed by atoms with Crippen molar-refractivity contribution in [2.45, 2.75) is 73.1 Å². The molecule has 0 amide bonds. The van der Waals surface area contributed by atoms with Crippen molar-refractivity contribution in [1.82, 2.24) is 0 Å². The maximum absolute atomic E-state index is 11.4. The Morgan fingerprint density at radius 2 is 1.02 bits per heavy atom. The van der Waals surface area contributed by atoms with E-state index in [-0.39, 0.29) is 39.2 Å².